The zero-order valence-corrected chi connectivity index (χ0v) is 21.9. The molecule has 0 bridgehead atoms. The Morgan fingerprint density at radius 1 is 0.417 bits per heavy atom. The summed E-state index contributed by atoms with van der Waals surface area (Å²) >= 11 is 0. The van der Waals surface area contributed by atoms with Crippen molar-refractivity contribution in [2.24, 2.45) is 0 Å². The summed E-state index contributed by atoms with van der Waals surface area (Å²) < 4.78 is 0. The smallest absolute Gasteiger partial charge is 0.121 e. The minimum atomic E-state index is 0.228. The fraction of sp³-hybridized carbons (Fsp3) is 0.250. The van der Waals surface area contributed by atoms with Crippen molar-refractivity contribution < 1.29 is 20.4 Å². The van der Waals surface area contributed by atoms with Crippen LogP contribution in [0.1, 0.15) is 70.2 Å². The molecule has 4 N–H and O–H groups in total. The van der Waals surface area contributed by atoms with Crippen LogP contribution in [-0.2, 0) is 0 Å². The zero-order chi connectivity index (χ0) is 26.6. The summed E-state index contributed by atoms with van der Waals surface area (Å²) in [5.41, 5.74) is 8.26. The van der Waals surface area contributed by atoms with Crippen LogP contribution in [0.25, 0.3) is 0 Å². The van der Waals surface area contributed by atoms with Crippen molar-refractivity contribution in [2.45, 2.75) is 53.4 Å². The van der Waals surface area contributed by atoms with Crippen LogP contribution in [0, 0.1) is 27.7 Å². The highest BCUT2D eigenvalue weighted by Crippen LogP contribution is 2.33. The van der Waals surface area contributed by atoms with Crippen molar-refractivity contribution >= 4 is 0 Å². The molecule has 36 heavy (non-hydrogen) atoms. The van der Waals surface area contributed by atoms with Gasteiger partial charge in [0.2, 0.25) is 0 Å². The minimum absolute atomic E-state index is 0.228. The summed E-state index contributed by atoms with van der Waals surface area (Å²) in [6, 6.07) is 22.5. The van der Waals surface area contributed by atoms with Gasteiger partial charge < -0.3 is 20.4 Å². The average molecular weight is 485 g/mol. The maximum atomic E-state index is 9.87. The minimum Gasteiger partial charge on any atom is -0.508 e. The highest BCUT2D eigenvalue weighted by Gasteiger charge is 2.14. The Bertz CT molecular complexity index is 1170. The Kier molecular flexibility index (Phi) is 8.31. The molecule has 4 aromatic rings. The molecule has 0 atom stereocenters. The molecule has 0 heterocycles. The topological polar surface area (TPSA) is 80.9 Å². The van der Waals surface area contributed by atoms with Crippen LogP contribution in [0.3, 0.4) is 0 Å². The van der Waals surface area contributed by atoms with Crippen LogP contribution in [0.15, 0.2) is 72.8 Å². The van der Waals surface area contributed by atoms with Gasteiger partial charge in [-0.25, -0.2) is 0 Å². The first-order valence-corrected chi connectivity index (χ1v) is 12.2. The second kappa shape index (κ2) is 11.2. The molecule has 0 saturated heterocycles. The Labute approximate surface area is 214 Å². The Balaban J connectivity index is 0.000000205. The first-order chi connectivity index (χ1) is 17.0. The van der Waals surface area contributed by atoms with Gasteiger partial charge in [0, 0.05) is 11.8 Å². The number of phenols is 4. The molecular weight excluding hydrogens is 448 g/mol. The lowest BCUT2D eigenvalue weighted by atomic mass is 9.88. The van der Waals surface area contributed by atoms with Gasteiger partial charge in [-0.3, -0.25) is 0 Å². The fourth-order valence-corrected chi connectivity index (χ4v) is 4.39. The SMILES string of the molecule is CC(c1ccc(O)cc1)c1ccc(O)cc1.Cc1cc(C(C)c2cc(C)c(O)c(C)c2)cc(C)c1O. The normalized spacial score (nSPS) is 10.9. The van der Waals surface area contributed by atoms with Crippen molar-refractivity contribution in [2.75, 3.05) is 0 Å². The number of rotatable bonds is 4. The van der Waals surface area contributed by atoms with E-state index in [0.717, 1.165) is 33.4 Å². The number of aryl methyl sites for hydroxylation is 4. The van der Waals surface area contributed by atoms with Crippen LogP contribution >= 0.6 is 0 Å². The third-order valence-electron chi connectivity index (χ3n) is 6.81. The molecule has 4 nitrogen and oxygen atoms in total. The summed E-state index contributed by atoms with van der Waals surface area (Å²) in [4.78, 5) is 0. The van der Waals surface area contributed by atoms with Crippen molar-refractivity contribution in [3.63, 3.8) is 0 Å². The Morgan fingerprint density at radius 2 is 0.667 bits per heavy atom. The van der Waals surface area contributed by atoms with Crippen molar-refractivity contribution in [1.82, 2.24) is 0 Å². The van der Waals surface area contributed by atoms with E-state index in [1.165, 1.54) is 11.1 Å². The van der Waals surface area contributed by atoms with E-state index in [1.54, 1.807) is 24.3 Å². The third kappa shape index (κ3) is 6.19. The van der Waals surface area contributed by atoms with Crippen LogP contribution in [0.4, 0.5) is 0 Å². The highest BCUT2D eigenvalue weighted by molar-refractivity contribution is 5.48. The molecule has 0 aromatic heterocycles. The van der Waals surface area contributed by atoms with Crippen molar-refractivity contribution in [3.8, 4) is 23.0 Å². The van der Waals surface area contributed by atoms with E-state index in [4.69, 9.17) is 0 Å². The Hall–Kier alpha value is -3.92. The van der Waals surface area contributed by atoms with Gasteiger partial charge >= 0.3 is 0 Å². The summed E-state index contributed by atoms with van der Waals surface area (Å²) in [6.07, 6.45) is 0. The molecule has 4 rings (SSSR count). The zero-order valence-electron chi connectivity index (χ0n) is 21.9. The summed E-state index contributed by atoms with van der Waals surface area (Å²) in [5.74, 6) is 1.79. The molecule has 0 aliphatic rings. The van der Waals surface area contributed by atoms with Gasteiger partial charge in [0.1, 0.15) is 23.0 Å². The monoisotopic (exact) mass is 484 g/mol. The van der Waals surface area contributed by atoms with Crippen LogP contribution in [0.2, 0.25) is 0 Å². The van der Waals surface area contributed by atoms with Crippen molar-refractivity contribution in [1.29, 1.82) is 0 Å². The van der Waals surface area contributed by atoms with Crippen molar-refractivity contribution in [3.05, 3.63) is 117 Å². The van der Waals surface area contributed by atoms with E-state index in [0.29, 0.717) is 11.5 Å². The first kappa shape index (κ1) is 26.7. The van der Waals surface area contributed by atoms with E-state index in [1.807, 2.05) is 76.2 Å². The lowest BCUT2D eigenvalue weighted by Gasteiger charge is -2.17. The number of hydrogen-bond acceptors (Lipinski definition) is 4. The van der Waals surface area contributed by atoms with Gasteiger partial charge in [0.25, 0.3) is 0 Å². The van der Waals surface area contributed by atoms with E-state index in [2.05, 4.69) is 13.8 Å². The molecule has 0 fully saturated rings. The van der Waals surface area contributed by atoms with Gasteiger partial charge in [-0.15, -0.1) is 0 Å². The van der Waals surface area contributed by atoms with Gasteiger partial charge in [-0.2, -0.15) is 0 Å². The molecular formula is C32H36O4. The first-order valence-electron chi connectivity index (χ1n) is 12.2. The largest absolute Gasteiger partial charge is 0.508 e. The standard InChI is InChI=1S/C18H22O2.C14H14O2/c1-10-6-15(7-11(2)17(10)19)14(5)16-8-12(3)18(20)13(4)9-16;1-10(11-2-6-13(15)7-3-11)12-4-8-14(16)9-5-12/h6-9,14,19-20H,1-5H3;2-10,15-16H,1H3. The second-order valence-corrected chi connectivity index (χ2v) is 9.63. The molecule has 0 unspecified atom stereocenters. The van der Waals surface area contributed by atoms with Gasteiger partial charge in [-0.05, 0) is 96.5 Å². The molecule has 0 aliphatic carbocycles. The molecule has 0 amide bonds. The van der Waals surface area contributed by atoms with Gasteiger partial charge in [-0.1, -0.05) is 62.4 Å². The quantitative estimate of drug-likeness (QED) is 0.239. The number of aromatic hydroxyl groups is 4. The lowest BCUT2D eigenvalue weighted by molar-refractivity contribution is 0.466. The maximum absolute atomic E-state index is 9.87. The molecule has 0 saturated carbocycles. The lowest BCUT2D eigenvalue weighted by Crippen LogP contribution is -1.99. The highest BCUT2D eigenvalue weighted by atomic mass is 16.3. The van der Waals surface area contributed by atoms with E-state index in [9.17, 15) is 20.4 Å². The van der Waals surface area contributed by atoms with E-state index < -0.39 is 0 Å². The third-order valence-corrected chi connectivity index (χ3v) is 6.81. The summed E-state index contributed by atoms with van der Waals surface area (Å²) in [5, 5.41) is 38.2. The van der Waals surface area contributed by atoms with Crippen LogP contribution in [-0.4, -0.2) is 20.4 Å². The number of hydrogen-bond donors (Lipinski definition) is 4. The second-order valence-electron chi connectivity index (χ2n) is 9.63. The molecule has 0 aliphatic heterocycles. The molecule has 188 valence electrons. The van der Waals surface area contributed by atoms with Crippen LogP contribution < -0.4 is 0 Å². The molecule has 4 aromatic carbocycles. The predicted octanol–water partition coefficient (Wildman–Crippen LogP) is 7.73. The maximum Gasteiger partial charge on any atom is 0.121 e. The summed E-state index contributed by atoms with van der Waals surface area (Å²) in [6.45, 7) is 11.9. The van der Waals surface area contributed by atoms with Gasteiger partial charge in [0.05, 0.1) is 0 Å². The van der Waals surface area contributed by atoms with E-state index >= 15 is 0 Å². The number of phenolic OH excluding ortho intramolecular Hbond substituents is 4. The molecule has 0 spiro atoms. The molecule has 4 heteroatoms. The van der Waals surface area contributed by atoms with Crippen LogP contribution in [0.5, 0.6) is 23.0 Å². The summed E-state index contributed by atoms with van der Waals surface area (Å²) in [7, 11) is 0. The fourth-order valence-electron chi connectivity index (χ4n) is 4.39. The van der Waals surface area contributed by atoms with Gasteiger partial charge in [0.15, 0.2) is 0 Å². The molecule has 0 radical (unpaired) electrons. The predicted molar refractivity (Wildman–Crippen MR) is 146 cm³/mol. The Morgan fingerprint density at radius 3 is 0.944 bits per heavy atom. The van der Waals surface area contributed by atoms with E-state index in [-0.39, 0.29) is 23.3 Å². The average Bonchev–Trinajstić information content (AvgIpc) is 2.85. The number of benzene rings is 4.